The second-order valence-corrected chi connectivity index (χ2v) is 3.80. The second kappa shape index (κ2) is 6.55. The van der Waals surface area contributed by atoms with Crippen LogP contribution in [-0.4, -0.2) is 11.0 Å². The maximum Gasteiger partial charge on any atom is 0.0299 e. The fraction of sp³-hybridized carbons (Fsp3) is 0.583. The number of nitrogens with zero attached hydrogens (tertiary/aromatic N) is 1. The van der Waals surface area contributed by atoms with Gasteiger partial charge in [0.15, 0.2) is 0 Å². The standard InChI is InChI=1S/C12H20N2/c1-2-5-12(13)8-3-6-11-7-4-9-14-10-11/h4,7,9-10,12H,2-3,5-6,8,13H2,1H3. The van der Waals surface area contributed by atoms with E-state index >= 15 is 0 Å². The summed E-state index contributed by atoms with van der Waals surface area (Å²) in [6, 6.07) is 4.50. The third-order valence-corrected chi connectivity index (χ3v) is 2.42. The van der Waals surface area contributed by atoms with Crippen LogP contribution in [0.25, 0.3) is 0 Å². The number of rotatable bonds is 6. The molecule has 0 saturated heterocycles. The number of hydrogen-bond donors (Lipinski definition) is 1. The first-order valence-electron chi connectivity index (χ1n) is 5.47. The minimum Gasteiger partial charge on any atom is -0.328 e. The number of nitrogens with two attached hydrogens (primary N) is 1. The van der Waals surface area contributed by atoms with Crippen LogP contribution in [0.15, 0.2) is 24.5 Å². The predicted molar refractivity (Wildman–Crippen MR) is 60.1 cm³/mol. The van der Waals surface area contributed by atoms with Gasteiger partial charge < -0.3 is 5.73 Å². The lowest BCUT2D eigenvalue weighted by Crippen LogP contribution is -2.19. The first-order chi connectivity index (χ1) is 6.83. The van der Waals surface area contributed by atoms with E-state index < -0.39 is 0 Å². The summed E-state index contributed by atoms with van der Waals surface area (Å²) >= 11 is 0. The molecule has 1 unspecified atom stereocenters. The topological polar surface area (TPSA) is 38.9 Å². The quantitative estimate of drug-likeness (QED) is 0.752. The van der Waals surface area contributed by atoms with Crippen molar-refractivity contribution < 1.29 is 0 Å². The lowest BCUT2D eigenvalue weighted by atomic mass is 10.0. The predicted octanol–water partition coefficient (Wildman–Crippen LogP) is 2.53. The average Bonchev–Trinajstić information content (AvgIpc) is 2.20. The Morgan fingerprint density at radius 3 is 2.93 bits per heavy atom. The Labute approximate surface area is 86.5 Å². The van der Waals surface area contributed by atoms with Crippen LogP contribution in [0, 0.1) is 0 Å². The highest BCUT2D eigenvalue weighted by Crippen LogP contribution is 2.07. The van der Waals surface area contributed by atoms with Gasteiger partial charge in [-0.15, -0.1) is 0 Å². The first-order valence-corrected chi connectivity index (χ1v) is 5.47. The molecule has 2 N–H and O–H groups in total. The molecule has 78 valence electrons. The highest BCUT2D eigenvalue weighted by atomic mass is 14.6. The molecule has 1 aromatic rings. The van der Waals surface area contributed by atoms with Gasteiger partial charge in [0.05, 0.1) is 0 Å². The summed E-state index contributed by atoms with van der Waals surface area (Å²) in [5.41, 5.74) is 7.25. The van der Waals surface area contributed by atoms with E-state index in [-0.39, 0.29) is 0 Å². The molecule has 2 nitrogen and oxygen atoms in total. The summed E-state index contributed by atoms with van der Waals surface area (Å²) in [7, 11) is 0. The monoisotopic (exact) mass is 192 g/mol. The Bertz CT molecular complexity index is 233. The van der Waals surface area contributed by atoms with Crippen LogP contribution >= 0.6 is 0 Å². The van der Waals surface area contributed by atoms with E-state index in [1.165, 1.54) is 18.4 Å². The molecule has 1 aromatic heterocycles. The molecule has 1 rings (SSSR count). The molecule has 0 aliphatic carbocycles. The van der Waals surface area contributed by atoms with Crippen molar-refractivity contribution in [2.75, 3.05) is 0 Å². The summed E-state index contributed by atoms with van der Waals surface area (Å²) in [6.45, 7) is 2.18. The number of hydrogen-bond acceptors (Lipinski definition) is 2. The first kappa shape index (κ1) is 11.2. The fourth-order valence-corrected chi connectivity index (χ4v) is 1.63. The van der Waals surface area contributed by atoms with Crippen LogP contribution in [0.2, 0.25) is 0 Å². The van der Waals surface area contributed by atoms with Gasteiger partial charge in [-0.25, -0.2) is 0 Å². The number of aryl methyl sites for hydroxylation is 1. The van der Waals surface area contributed by atoms with Crippen LogP contribution in [-0.2, 0) is 6.42 Å². The summed E-state index contributed by atoms with van der Waals surface area (Å²) in [5.74, 6) is 0. The maximum atomic E-state index is 5.93. The summed E-state index contributed by atoms with van der Waals surface area (Å²) in [5, 5.41) is 0. The third kappa shape index (κ3) is 4.38. The molecular formula is C12H20N2. The van der Waals surface area contributed by atoms with Crippen LogP contribution in [0.1, 0.15) is 38.2 Å². The van der Waals surface area contributed by atoms with Crippen molar-refractivity contribution in [3.05, 3.63) is 30.1 Å². The van der Waals surface area contributed by atoms with Crippen molar-refractivity contribution in [3.8, 4) is 0 Å². The van der Waals surface area contributed by atoms with Gasteiger partial charge in [0.2, 0.25) is 0 Å². The maximum absolute atomic E-state index is 5.93. The minimum atomic E-state index is 0.386. The van der Waals surface area contributed by atoms with E-state index in [1.54, 1.807) is 0 Å². The Kier molecular flexibility index (Phi) is 5.23. The van der Waals surface area contributed by atoms with Crippen molar-refractivity contribution in [1.29, 1.82) is 0 Å². The van der Waals surface area contributed by atoms with E-state index in [0.29, 0.717) is 6.04 Å². The van der Waals surface area contributed by atoms with E-state index in [9.17, 15) is 0 Å². The molecule has 0 aliphatic heterocycles. The van der Waals surface area contributed by atoms with Crippen LogP contribution in [0.4, 0.5) is 0 Å². The van der Waals surface area contributed by atoms with Gasteiger partial charge in [-0.2, -0.15) is 0 Å². The zero-order chi connectivity index (χ0) is 10.2. The summed E-state index contributed by atoms with van der Waals surface area (Å²) in [6.07, 6.45) is 9.49. The van der Waals surface area contributed by atoms with E-state index in [0.717, 1.165) is 19.3 Å². The number of pyridine rings is 1. The molecule has 1 heterocycles. The van der Waals surface area contributed by atoms with E-state index in [2.05, 4.69) is 18.0 Å². The molecule has 14 heavy (non-hydrogen) atoms. The largest absolute Gasteiger partial charge is 0.328 e. The SMILES string of the molecule is CCCC(N)CCCc1cccnc1. The molecule has 0 bridgehead atoms. The molecule has 0 amide bonds. The van der Waals surface area contributed by atoms with Gasteiger partial charge in [0.1, 0.15) is 0 Å². The van der Waals surface area contributed by atoms with Crippen molar-refractivity contribution in [2.24, 2.45) is 5.73 Å². The number of aromatic nitrogens is 1. The molecule has 0 fully saturated rings. The zero-order valence-electron chi connectivity index (χ0n) is 8.95. The van der Waals surface area contributed by atoms with Crippen LogP contribution < -0.4 is 5.73 Å². The zero-order valence-corrected chi connectivity index (χ0v) is 8.95. The second-order valence-electron chi connectivity index (χ2n) is 3.80. The van der Waals surface area contributed by atoms with Crippen LogP contribution in [0.3, 0.4) is 0 Å². The van der Waals surface area contributed by atoms with Gasteiger partial charge in [-0.3, -0.25) is 4.98 Å². The lowest BCUT2D eigenvalue weighted by Gasteiger charge is -2.09. The molecular weight excluding hydrogens is 172 g/mol. The molecule has 0 radical (unpaired) electrons. The average molecular weight is 192 g/mol. The Morgan fingerprint density at radius 1 is 1.43 bits per heavy atom. The van der Waals surface area contributed by atoms with Gasteiger partial charge >= 0.3 is 0 Å². The highest BCUT2D eigenvalue weighted by molar-refractivity contribution is 5.08. The van der Waals surface area contributed by atoms with Crippen molar-refractivity contribution >= 4 is 0 Å². The smallest absolute Gasteiger partial charge is 0.0299 e. The van der Waals surface area contributed by atoms with Gasteiger partial charge in [0, 0.05) is 18.4 Å². The minimum absolute atomic E-state index is 0.386. The Hall–Kier alpha value is -0.890. The van der Waals surface area contributed by atoms with E-state index in [4.69, 9.17) is 5.73 Å². The Morgan fingerprint density at radius 2 is 2.29 bits per heavy atom. The van der Waals surface area contributed by atoms with Crippen LogP contribution in [0.5, 0.6) is 0 Å². The van der Waals surface area contributed by atoms with Gasteiger partial charge in [-0.1, -0.05) is 19.4 Å². The van der Waals surface area contributed by atoms with Crippen molar-refractivity contribution in [3.63, 3.8) is 0 Å². The summed E-state index contributed by atoms with van der Waals surface area (Å²) in [4.78, 5) is 4.09. The fourth-order valence-electron chi connectivity index (χ4n) is 1.63. The molecule has 2 heteroatoms. The summed E-state index contributed by atoms with van der Waals surface area (Å²) < 4.78 is 0. The molecule has 0 spiro atoms. The van der Waals surface area contributed by atoms with Gasteiger partial charge in [-0.05, 0) is 37.3 Å². The Balaban J connectivity index is 2.16. The molecule has 0 aromatic carbocycles. The lowest BCUT2D eigenvalue weighted by molar-refractivity contribution is 0.539. The van der Waals surface area contributed by atoms with Gasteiger partial charge in [0.25, 0.3) is 0 Å². The molecule has 1 atom stereocenters. The highest BCUT2D eigenvalue weighted by Gasteiger charge is 2.00. The van der Waals surface area contributed by atoms with Crippen molar-refractivity contribution in [2.45, 2.75) is 45.1 Å². The van der Waals surface area contributed by atoms with E-state index in [1.807, 2.05) is 18.5 Å². The molecule has 0 aliphatic rings. The third-order valence-electron chi connectivity index (χ3n) is 2.42. The van der Waals surface area contributed by atoms with Crippen molar-refractivity contribution in [1.82, 2.24) is 4.98 Å². The molecule has 0 saturated carbocycles. The normalized spacial score (nSPS) is 12.7.